The first-order valence-electron chi connectivity index (χ1n) is 11.7. The van der Waals surface area contributed by atoms with Crippen molar-refractivity contribution in [1.29, 1.82) is 0 Å². The van der Waals surface area contributed by atoms with Gasteiger partial charge in [0.1, 0.15) is 23.6 Å². The van der Waals surface area contributed by atoms with Crippen LogP contribution >= 0.6 is 0 Å². The van der Waals surface area contributed by atoms with Crippen LogP contribution in [0.25, 0.3) is 0 Å². The predicted octanol–water partition coefficient (Wildman–Crippen LogP) is 1.39. The molecule has 10 unspecified atom stereocenters. The molecule has 8 heteroatoms. The summed E-state index contributed by atoms with van der Waals surface area (Å²) in [5.41, 5.74) is -3.19. The van der Waals surface area contributed by atoms with Gasteiger partial charge in [-0.15, -0.1) is 0 Å². The zero-order chi connectivity index (χ0) is 23.4. The summed E-state index contributed by atoms with van der Waals surface area (Å²) in [6, 6.07) is 0. The molecule has 32 heavy (non-hydrogen) atoms. The largest absolute Gasteiger partial charge is 0.462 e. The van der Waals surface area contributed by atoms with Gasteiger partial charge in [0.15, 0.2) is 0 Å². The van der Waals surface area contributed by atoms with E-state index in [1.807, 2.05) is 20.8 Å². The number of Topliss-reactive ketones (excluding diaryl/α,β-unsaturated/α-hetero) is 1. The molecule has 0 aromatic carbocycles. The van der Waals surface area contributed by atoms with Crippen molar-refractivity contribution in [2.45, 2.75) is 90.3 Å². The number of fused-ring (bicyclic) bond motifs is 1. The van der Waals surface area contributed by atoms with Crippen LogP contribution in [-0.2, 0) is 28.6 Å². The molecule has 4 saturated carbocycles. The Hall–Kier alpha value is -1.51. The second-order valence-electron chi connectivity index (χ2n) is 11.7. The highest BCUT2D eigenvalue weighted by Crippen LogP contribution is 2.76. The van der Waals surface area contributed by atoms with Crippen LogP contribution in [0.5, 0.6) is 0 Å². The van der Waals surface area contributed by atoms with Crippen LogP contribution in [0.3, 0.4) is 0 Å². The SMILES string of the molecule is CC(=O)OC1C23CC(=O)C4C(C)(C)C(O)CC(OC(C)=O)C4(C)C2C2CC(C3)C1(CO)O2. The summed E-state index contributed by atoms with van der Waals surface area (Å²) in [7, 11) is 0. The van der Waals surface area contributed by atoms with Crippen molar-refractivity contribution in [2.24, 2.45) is 34.0 Å². The average molecular weight is 451 g/mol. The number of hydrogen-bond acceptors (Lipinski definition) is 8. The van der Waals surface area contributed by atoms with Crippen molar-refractivity contribution < 1.29 is 38.8 Å². The third-order valence-electron chi connectivity index (χ3n) is 9.85. The van der Waals surface area contributed by atoms with Gasteiger partial charge in [-0.1, -0.05) is 20.8 Å². The van der Waals surface area contributed by atoms with Gasteiger partial charge in [-0.25, -0.2) is 0 Å². The van der Waals surface area contributed by atoms with Gasteiger partial charge in [0.05, 0.1) is 18.8 Å². The molecule has 8 nitrogen and oxygen atoms in total. The highest BCUT2D eigenvalue weighted by molar-refractivity contribution is 5.86. The lowest BCUT2D eigenvalue weighted by Gasteiger charge is -2.68. The molecule has 0 amide bonds. The molecule has 2 heterocycles. The van der Waals surface area contributed by atoms with Gasteiger partial charge in [-0.3, -0.25) is 14.4 Å². The van der Waals surface area contributed by atoms with Gasteiger partial charge in [-0.2, -0.15) is 0 Å². The van der Waals surface area contributed by atoms with Crippen molar-refractivity contribution in [3.05, 3.63) is 0 Å². The van der Waals surface area contributed by atoms with Gasteiger partial charge in [0.25, 0.3) is 0 Å². The molecular weight excluding hydrogens is 416 g/mol. The zero-order valence-electron chi connectivity index (χ0n) is 19.4. The first kappa shape index (κ1) is 22.3. The number of aliphatic hydroxyl groups is 2. The molecule has 1 spiro atoms. The lowest BCUT2D eigenvalue weighted by Crippen LogP contribution is -2.74. The maximum Gasteiger partial charge on any atom is 0.303 e. The maximum atomic E-state index is 13.9. The van der Waals surface area contributed by atoms with Crippen LogP contribution in [0.15, 0.2) is 0 Å². The van der Waals surface area contributed by atoms with Crippen LogP contribution in [0.4, 0.5) is 0 Å². The number of ether oxygens (including phenoxy) is 3. The van der Waals surface area contributed by atoms with E-state index >= 15 is 0 Å². The number of hydrogen-bond donors (Lipinski definition) is 2. The number of carbonyl (C=O) groups is 3. The zero-order valence-corrected chi connectivity index (χ0v) is 19.4. The maximum absolute atomic E-state index is 13.9. The second kappa shape index (κ2) is 6.54. The number of esters is 2. The van der Waals surface area contributed by atoms with Gasteiger partial charge in [-0.05, 0) is 18.8 Å². The van der Waals surface area contributed by atoms with Gasteiger partial charge in [0, 0.05) is 54.8 Å². The van der Waals surface area contributed by atoms with E-state index in [0.29, 0.717) is 12.8 Å². The lowest BCUT2D eigenvalue weighted by molar-refractivity contribution is -0.297. The smallest absolute Gasteiger partial charge is 0.303 e. The first-order valence-corrected chi connectivity index (χ1v) is 11.7. The van der Waals surface area contributed by atoms with E-state index in [9.17, 15) is 24.6 Å². The van der Waals surface area contributed by atoms with Gasteiger partial charge in [0.2, 0.25) is 0 Å². The number of carbonyl (C=O) groups excluding carboxylic acids is 3. The number of rotatable bonds is 3. The summed E-state index contributed by atoms with van der Waals surface area (Å²) in [5, 5.41) is 21.3. The summed E-state index contributed by atoms with van der Waals surface area (Å²) in [6.45, 7) is 8.22. The highest BCUT2D eigenvalue weighted by atomic mass is 16.6. The Morgan fingerprint density at radius 1 is 1.12 bits per heavy atom. The molecule has 4 bridgehead atoms. The Morgan fingerprint density at radius 2 is 1.78 bits per heavy atom. The molecule has 10 atom stereocenters. The van der Waals surface area contributed by atoms with Crippen LogP contribution < -0.4 is 0 Å². The summed E-state index contributed by atoms with van der Waals surface area (Å²) < 4.78 is 18.2. The first-order chi connectivity index (χ1) is 14.8. The fourth-order valence-corrected chi connectivity index (χ4v) is 9.17. The van der Waals surface area contributed by atoms with E-state index in [-0.39, 0.29) is 43.2 Å². The monoisotopic (exact) mass is 450 g/mol. The fraction of sp³-hybridized carbons (Fsp3) is 0.875. The minimum Gasteiger partial charge on any atom is -0.462 e. The molecular formula is C24H34O8. The second-order valence-corrected chi connectivity index (χ2v) is 11.7. The van der Waals surface area contributed by atoms with Gasteiger partial charge < -0.3 is 24.4 Å². The summed E-state index contributed by atoms with van der Waals surface area (Å²) >= 11 is 0. The Kier molecular flexibility index (Phi) is 4.56. The normalized spacial score (nSPS) is 52.3. The summed E-state index contributed by atoms with van der Waals surface area (Å²) in [4.78, 5) is 38.1. The predicted molar refractivity (Wildman–Crippen MR) is 110 cm³/mol. The molecule has 6 rings (SSSR count). The molecule has 0 aromatic rings. The van der Waals surface area contributed by atoms with Crippen LogP contribution in [0, 0.1) is 34.0 Å². The van der Waals surface area contributed by atoms with Crippen molar-refractivity contribution in [1.82, 2.24) is 0 Å². The van der Waals surface area contributed by atoms with E-state index in [1.54, 1.807) is 0 Å². The third-order valence-corrected chi connectivity index (χ3v) is 9.85. The Morgan fingerprint density at radius 3 is 2.38 bits per heavy atom. The average Bonchev–Trinajstić information content (AvgIpc) is 3.04. The fourth-order valence-electron chi connectivity index (χ4n) is 9.17. The molecule has 178 valence electrons. The molecule has 2 aliphatic heterocycles. The van der Waals surface area contributed by atoms with E-state index in [4.69, 9.17) is 14.2 Å². The molecule has 0 aromatic heterocycles. The third kappa shape index (κ3) is 2.41. The van der Waals surface area contributed by atoms with Crippen molar-refractivity contribution in [3.8, 4) is 0 Å². The minimum absolute atomic E-state index is 0.000386. The van der Waals surface area contributed by atoms with E-state index < -0.39 is 58.0 Å². The number of ketones is 1. The van der Waals surface area contributed by atoms with Crippen LogP contribution in [0.1, 0.15) is 60.3 Å². The minimum atomic E-state index is -0.989. The molecule has 4 aliphatic carbocycles. The van der Waals surface area contributed by atoms with E-state index in [2.05, 4.69) is 0 Å². The molecule has 6 aliphatic rings. The lowest BCUT2D eigenvalue weighted by atomic mass is 9.38. The topological polar surface area (TPSA) is 119 Å². The Labute approximate surface area is 188 Å². The van der Waals surface area contributed by atoms with Crippen LogP contribution in [0.2, 0.25) is 0 Å². The summed E-state index contributed by atoms with van der Waals surface area (Å²) in [6.07, 6.45) is -0.671. The van der Waals surface area contributed by atoms with Gasteiger partial charge >= 0.3 is 11.9 Å². The quantitative estimate of drug-likeness (QED) is 0.619. The standard InChI is InChI=1S/C24H34O8/c1-11(26)30-17-7-16(29)21(3,4)18-14(28)9-23-8-13-6-15(19(23)22(17,18)5)32-24(13,10-25)20(23)31-12(2)27/h13,15-20,25,29H,6-10H2,1-5H3. The van der Waals surface area contributed by atoms with E-state index in [1.165, 1.54) is 13.8 Å². The van der Waals surface area contributed by atoms with Crippen molar-refractivity contribution in [3.63, 3.8) is 0 Å². The highest BCUT2D eigenvalue weighted by Gasteiger charge is 2.83. The Balaban J connectivity index is 1.70. The molecule has 6 fully saturated rings. The van der Waals surface area contributed by atoms with Crippen molar-refractivity contribution in [2.75, 3.05) is 6.61 Å². The van der Waals surface area contributed by atoms with E-state index in [0.717, 1.165) is 0 Å². The molecule has 2 saturated heterocycles. The molecule has 0 radical (unpaired) electrons. The molecule has 2 N–H and O–H groups in total. The number of aliphatic hydroxyl groups excluding tert-OH is 2. The Bertz CT molecular complexity index is 883. The van der Waals surface area contributed by atoms with Crippen LogP contribution in [-0.4, -0.2) is 64.6 Å². The summed E-state index contributed by atoms with van der Waals surface area (Å²) in [5.74, 6) is -1.67. The van der Waals surface area contributed by atoms with Crippen molar-refractivity contribution >= 4 is 17.7 Å².